The van der Waals surface area contributed by atoms with Crippen molar-refractivity contribution in [3.63, 3.8) is 0 Å². The van der Waals surface area contributed by atoms with Gasteiger partial charge in [-0.1, -0.05) is 72.8 Å². The Labute approximate surface area is 383 Å². The number of aryl methyl sites for hydroxylation is 2. The van der Waals surface area contributed by atoms with Crippen molar-refractivity contribution < 1.29 is 45.9 Å². The summed E-state index contributed by atoms with van der Waals surface area (Å²) in [5.41, 5.74) is 2.00. The maximum Gasteiger partial charge on any atom is 0.333 e. The molecular weight excluding hydrogens is 893 g/mol. The van der Waals surface area contributed by atoms with Gasteiger partial charge in [-0.2, -0.15) is 20.5 Å². The van der Waals surface area contributed by atoms with Crippen LogP contribution in [-0.2, 0) is 53.3 Å². The topological polar surface area (TPSA) is 252 Å². The second-order valence-corrected chi connectivity index (χ2v) is 18.3. The molecule has 20 nitrogen and oxygen atoms in total. The van der Waals surface area contributed by atoms with Crippen molar-refractivity contribution in [3.8, 4) is 11.1 Å². The number of amides is 8. The smallest absolute Gasteiger partial charge is 0.289 e. The van der Waals surface area contributed by atoms with Crippen molar-refractivity contribution in [3.05, 3.63) is 108 Å². The maximum atomic E-state index is 14.6. The molecule has 3 atom stereocenters. The zero-order valence-corrected chi connectivity index (χ0v) is 38.5. The van der Waals surface area contributed by atoms with Crippen LogP contribution in [0.25, 0.3) is 11.1 Å². The van der Waals surface area contributed by atoms with E-state index in [9.17, 15) is 45.9 Å². The van der Waals surface area contributed by atoms with Crippen LogP contribution < -0.4 is 9.03 Å². The van der Waals surface area contributed by atoms with Crippen LogP contribution >= 0.6 is 0 Å². The number of likely N-dealkylation sites (N-methyl/N-ethyl adjacent to an activating group) is 4. The highest BCUT2D eigenvalue weighted by Gasteiger charge is 2.44. The van der Waals surface area contributed by atoms with Gasteiger partial charge in [0.1, 0.15) is 0 Å². The van der Waals surface area contributed by atoms with Gasteiger partial charge in [-0.15, -0.1) is 0 Å². The summed E-state index contributed by atoms with van der Waals surface area (Å²) in [5.74, 6) is -3.71. The van der Waals surface area contributed by atoms with Crippen molar-refractivity contribution in [2.75, 3.05) is 32.5 Å². The van der Waals surface area contributed by atoms with Crippen LogP contribution in [0.1, 0.15) is 37.8 Å². The fraction of sp³-hybridized carbons (Fsp3) is 0.318. The quantitative estimate of drug-likeness (QED) is 0.0751. The van der Waals surface area contributed by atoms with E-state index in [1.165, 1.54) is 68.9 Å². The van der Waals surface area contributed by atoms with Gasteiger partial charge >= 0.3 is 12.1 Å². The average molecular weight is 941 g/mol. The zero-order valence-electron chi connectivity index (χ0n) is 36.8. The molecule has 4 aromatic rings. The number of carbonyl (C=O) groups is 6. The number of hydrogen-bond donors (Lipinski definition) is 2. The minimum absolute atomic E-state index is 0.0000131. The Hall–Kier alpha value is -6.88. The van der Waals surface area contributed by atoms with E-state index in [1.54, 1.807) is 13.8 Å². The number of nitrogens with one attached hydrogen (secondary N) is 1. The first-order valence-corrected chi connectivity index (χ1v) is 23.1. The molecule has 8 amide bonds. The molecule has 6 rings (SSSR count). The highest BCUT2D eigenvalue weighted by molar-refractivity contribution is 7.89. The Morgan fingerprint density at radius 3 is 1.52 bits per heavy atom. The van der Waals surface area contributed by atoms with Gasteiger partial charge in [0.2, 0.25) is 22.1 Å². The molecule has 66 heavy (non-hydrogen) atoms. The zero-order chi connectivity index (χ0) is 48.0. The monoisotopic (exact) mass is 940 g/mol. The van der Waals surface area contributed by atoms with Crippen molar-refractivity contribution in [1.29, 1.82) is 0 Å². The lowest BCUT2D eigenvalue weighted by Gasteiger charge is -2.30. The SMILES string of the molecule is CC(CCc1ccccc1)NS(=O)(=O)c1cc(N=NC2C(=O)N(C)C(=O)N(C)C2=O)ccc1-c1ccc(N=NC2C(=O)N(C)C(=O)N(C)C2=O)cc1N(C(C)CCc1ccccc1)S(=O)O. The number of sulfonamides is 1. The fourth-order valence-corrected chi connectivity index (χ4v) is 9.51. The number of urea groups is 2. The molecule has 2 N–H and O–H groups in total. The van der Waals surface area contributed by atoms with E-state index in [1.807, 2.05) is 60.7 Å². The van der Waals surface area contributed by atoms with E-state index in [4.69, 9.17) is 0 Å². The van der Waals surface area contributed by atoms with Crippen molar-refractivity contribution in [2.24, 2.45) is 20.5 Å². The Bertz CT molecular complexity index is 2690. The third-order valence-electron chi connectivity index (χ3n) is 11.1. The summed E-state index contributed by atoms with van der Waals surface area (Å²) in [6.07, 6.45) is 1.78. The molecule has 2 saturated heterocycles. The number of barbiturate groups is 2. The molecule has 0 aromatic heterocycles. The maximum absolute atomic E-state index is 14.6. The van der Waals surface area contributed by atoms with E-state index in [0.717, 1.165) is 30.7 Å². The molecule has 0 aliphatic carbocycles. The lowest BCUT2D eigenvalue weighted by molar-refractivity contribution is -0.144. The van der Waals surface area contributed by atoms with Gasteiger partial charge in [-0.3, -0.25) is 47.6 Å². The number of imide groups is 4. The summed E-state index contributed by atoms with van der Waals surface area (Å²) in [6, 6.07) is 20.6. The third-order valence-corrected chi connectivity index (χ3v) is 13.6. The normalized spacial score (nSPS) is 17.1. The molecular formula is C44H48N10O10S2. The first-order chi connectivity index (χ1) is 31.3. The number of rotatable bonds is 17. The molecule has 22 heteroatoms. The van der Waals surface area contributed by atoms with Gasteiger partial charge in [0.05, 0.1) is 22.0 Å². The summed E-state index contributed by atoms with van der Waals surface area (Å²) < 4.78 is 57.6. The molecule has 0 radical (unpaired) electrons. The summed E-state index contributed by atoms with van der Waals surface area (Å²) in [7, 11) is 0.255. The summed E-state index contributed by atoms with van der Waals surface area (Å²) in [4.78, 5) is 79.0. The van der Waals surface area contributed by atoms with E-state index >= 15 is 0 Å². The first-order valence-electron chi connectivity index (χ1n) is 20.6. The van der Waals surface area contributed by atoms with E-state index < -0.39 is 81.1 Å². The van der Waals surface area contributed by atoms with Gasteiger partial charge in [-0.25, -0.2) is 26.9 Å². The Morgan fingerprint density at radius 1 is 0.636 bits per heavy atom. The first kappa shape index (κ1) is 48.6. The molecule has 0 bridgehead atoms. The molecule has 2 heterocycles. The Kier molecular flexibility index (Phi) is 15.1. The minimum Gasteiger partial charge on any atom is -0.289 e. The largest absolute Gasteiger partial charge is 0.333 e. The molecule has 0 spiro atoms. The van der Waals surface area contributed by atoms with Gasteiger partial charge in [0, 0.05) is 51.4 Å². The number of benzene rings is 4. The van der Waals surface area contributed by atoms with E-state index in [2.05, 4.69) is 25.2 Å². The number of hydrogen-bond acceptors (Lipinski definition) is 13. The molecule has 3 unspecified atom stereocenters. The lowest BCUT2D eigenvalue weighted by Crippen LogP contribution is -2.58. The van der Waals surface area contributed by atoms with Crippen LogP contribution in [-0.4, -0.2) is 125 Å². The number of nitrogens with zero attached hydrogens (tertiary/aromatic N) is 9. The molecule has 2 fully saturated rings. The van der Waals surface area contributed by atoms with Crippen LogP contribution in [0.2, 0.25) is 0 Å². The van der Waals surface area contributed by atoms with Gasteiger partial charge in [0.15, 0.2) is 0 Å². The lowest BCUT2D eigenvalue weighted by atomic mass is 10.0. The van der Waals surface area contributed by atoms with Crippen LogP contribution in [0, 0.1) is 0 Å². The summed E-state index contributed by atoms with van der Waals surface area (Å²) in [6.45, 7) is 3.41. The Morgan fingerprint density at radius 2 is 1.06 bits per heavy atom. The van der Waals surface area contributed by atoms with Crippen molar-refractivity contribution in [2.45, 2.75) is 68.6 Å². The summed E-state index contributed by atoms with van der Waals surface area (Å²) in [5, 5.41) is 16.1. The van der Waals surface area contributed by atoms with Gasteiger partial charge in [0.25, 0.3) is 34.9 Å². The van der Waals surface area contributed by atoms with E-state index in [-0.39, 0.29) is 33.1 Å². The molecule has 2 aliphatic heterocycles. The predicted octanol–water partition coefficient (Wildman–Crippen LogP) is 5.62. The summed E-state index contributed by atoms with van der Waals surface area (Å²) >= 11 is -2.74. The number of carbonyl (C=O) groups excluding carboxylic acids is 6. The fourth-order valence-electron chi connectivity index (χ4n) is 7.26. The predicted molar refractivity (Wildman–Crippen MR) is 242 cm³/mol. The number of azo groups is 2. The second-order valence-electron chi connectivity index (χ2n) is 15.7. The van der Waals surface area contributed by atoms with Crippen LogP contribution in [0.15, 0.2) is 122 Å². The van der Waals surface area contributed by atoms with Gasteiger partial charge < -0.3 is 0 Å². The van der Waals surface area contributed by atoms with Gasteiger partial charge in [-0.05, 0) is 74.9 Å². The molecule has 346 valence electrons. The standard InChI is InChI=1S/C44H48N10O10S2/c1-27(17-19-29-13-9-7-10-14-29)49-66(63,64)36-26-32(46-48-38-41(57)52(5)44(60)53(6)42(38)58)22-24-34(36)33-23-21-31(45-47-37-39(55)50(3)43(59)51(4)40(37)56)25-35(33)54(65(61)62)28(2)18-20-30-15-11-8-12-16-30/h7-16,21-28,37-38,49H,17-20H2,1-6H3,(H,61,62). The van der Waals surface area contributed by atoms with E-state index in [0.29, 0.717) is 25.7 Å². The molecule has 0 saturated carbocycles. The average Bonchev–Trinajstić information content (AvgIpc) is 3.30. The molecule has 4 aromatic carbocycles. The number of anilines is 1. The Balaban J connectivity index is 1.48. The second kappa shape index (κ2) is 20.5. The van der Waals surface area contributed by atoms with Crippen LogP contribution in [0.4, 0.5) is 26.7 Å². The third kappa shape index (κ3) is 10.6. The van der Waals surface area contributed by atoms with Crippen molar-refractivity contribution in [1.82, 2.24) is 24.3 Å². The van der Waals surface area contributed by atoms with Crippen LogP contribution in [0.3, 0.4) is 0 Å². The van der Waals surface area contributed by atoms with Crippen molar-refractivity contribution >= 4 is 74.0 Å². The highest BCUT2D eigenvalue weighted by atomic mass is 32.2. The highest BCUT2D eigenvalue weighted by Crippen LogP contribution is 2.41. The van der Waals surface area contributed by atoms with Crippen LogP contribution in [0.5, 0.6) is 0 Å². The minimum atomic E-state index is -4.50. The molecule has 2 aliphatic rings.